The molecule has 1 fully saturated rings. The third kappa shape index (κ3) is 6.81. The van der Waals surface area contributed by atoms with Crippen LogP contribution in [-0.4, -0.2) is 28.9 Å². The smallest absolute Gasteiger partial charge is 0.407 e. The van der Waals surface area contributed by atoms with Gasteiger partial charge in [-0.1, -0.05) is 32.1 Å². The Morgan fingerprint density at radius 2 is 1.89 bits per heavy atom. The minimum absolute atomic E-state index is 0.210. The Bertz CT molecular complexity index is 278. The Morgan fingerprint density at radius 3 is 2.37 bits per heavy atom. The zero-order valence-electron chi connectivity index (χ0n) is 12.7. The number of amides is 1. The Morgan fingerprint density at radius 1 is 1.32 bits per heavy atom. The van der Waals surface area contributed by atoms with Crippen LogP contribution < -0.4 is 5.32 Å². The number of alkyl carbamates (subject to hydrolysis) is 1. The third-order valence-electron chi connectivity index (χ3n) is 3.60. The maximum absolute atomic E-state index is 11.8. The van der Waals surface area contributed by atoms with Crippen LogP contribution in [0.3, 0.4) is 0 Å². The summed E-state index contributed by atoms with van der Waals surface area (Å²) in [7, 11) is 0. The van der Waals surface area contributed by atoms with Crippen molar-refractivity contribution in [2.24, 2.45) is 5.92 Å². The summed E-state index contributed by atoms with van der Waals surface area (Å²) in [6.07, 6.45) is 6.13. The molecule has 1 aliphatic rings. The van der Waals surface area contributed by atoms with E-state index < -0.39 is 17.8 Å². The third-order valence-corrected chi connectivity index (χ3v) is 3.60. The topological polar surface area (TPSA) is 58.6 Å². The lowest BCUT2D eigenvalue weighted by Crippen LogP contribution is -2.45. The molecule has 0 aromatic carbocycles. The van der Waals surface area contributed by atoms with Gasteiger partial charge < -0.3 is 15.2 Å². The molecular weight excluding hydrogens is 242 g/mol. The first kappa shape index (κ1) is 16.3. The predicted octanol–water partition coefficient (Wildman–Crippen LogP) is 3.23. The molecule has 1 saturated carbocycles. The van der Waals surface area contributed by atoms with Gasteiger partial charge in [-0.05, 0) is 40.0 Å². The molecule has 4 nitrogen and oxygen atoms in total. The minimum atomic E-state index is -0.547. The molecule has 0 aromatic rings. The van der Waals surface area contributed by atoms with Crippen LogP contribution in [0.15, 0.2) is 0 Å². The van der Waals surface area contributed by atoms with Crippen molar-refractivity contribution in [2.45, 2.75) is 84.0 Å². The van der Waals surface area contributed by atoms with Gasteiger partial charge in [0.25, 0.3) is 0 Å². The van der Waals surface area contributed by atoms with Crippen molar-refractivity contribution in [3.8, 4) is 0 Å². The molecule has 0 heterocycles. The normalized spacial score (nSPS) is 20.7. The Labute approximate surface area is 116 Å². The highest BCUT2D eigenvalue weighted by Crippen LogP contribution is 2.28. The number of aliphatic hydroxyl groups excluding tert-OH is 1. The van der Waals surface area contributed by atoms with E-state index in [0.717, 1.165) is 6.42 Å². The van der Waals surface area contributed by atoms with Crippen LogP contribution in [0.5, 0.6) is 0 Å². The SMILES string of the molecule is C[C@H](O)[C@H](CC1CCCCC1)NC(=O)OC(C)(C)C. The van der Waals surface area contributed by atoms with Crippen molar-refractivity contribution < 1.29 is 14.6 Å². The Kier molecular flexibility index (Phi) is 6.11. The van der Waals surface area contributed by atoms with E-state index in [0.29, 0.717) is 5.92 Å². The van der Waals surface area contributed by atoms with Crippen LogP contribution in [0.25, 0.3) is 0 Å². The van der Waals surface area contributed by atoms with Gasteiger partial charge in [-0.25, -0.2) is 4.79 Å². The molecule has 0 unspecified atom stereocenters. The second-order valence-corrected chi connectivity index (χ2v) is 6.73. The molecule has 0 aliphatic heterocycles. The molecule has 1 amide bonds. The van der Waals surface area contributed by atoms with Gasteiger partial charge in [-0.2, -0.15) is 0 Å². The van der Waals surface area contributed by atoms with E-state index in [2.05, 4.69) is 5.32 Å². The van der Waals surface area contributed by atoms with Gasteiger partial charge in [0.2, 0.25) is 0 Å². The summed E-state index contributed by atoms with van der Waals surface area (Å²) < 4.78 is 5.25. The van der Waals surface area contributed by atoms with E-state index in [1.807, 2.05) is 20.8 Å². The quantitative estimate of drug-likeness (QED) is 0.825. The second kappa shape index (κ2) is 7.13. The number of ether oxygens (including phenoxy) is 1. The lowest BCUT2D eigenvalue weighted by molar-refractivity contribution is 0.0411. The number of hydrogen-bond donors (Lipinski definition) is 2. The fourth-order valence-electron chi connectivity index (χ4n) is 2.62. The first-order valence-corrected chi connectivity index (χ1v) is 7.45. The zero-order chi connectivity index (χ0) is 14.5. The van der Waals surface area contributed by atoms with Gasteiger partial charge in [-0.3, -0.25) is 0 Å². The van der Waals surface area contributed by atoms with Crippen LogP contribution in [0.4, 0.5) is 4.79 Å². The molecule has 0 saturated heterocycles. The van der Waals surface area contributed by atoms with Crippen LogP contribution in [0.1, 0.15) is 66.2 Å². The monoisotopic (exact) mass is 271 g/mol. The summed E-state index contributed by atoms with van der Waals surface area (Å²) in [5.41, 5.74) is -0.502. The van der Waals surface area contributed by atoms with Gasteiger partial charge in [0.05, 0.1) is 12.1 Å². The predicted molar refractivity (Wildman–Crippen MR) is 76.0 cm³/mol. The van der Waals surface area contributed by atoms with Crippen molar-refractivity contribution in [1.82, 2.24) is 5.32 Å². The highest BCUT2D eigenvalue weighted by atomic mass is 16.6. The number of carbonyl (C=O) groups is 1. The maximum Gasteiger partial charge on any atom is 0.407 e. The maximum atomic E-state index is 11.8. The van der Waals surface area contributed by atoms with Crippen molar-refractivity contribution >= 4 is 6.09 Å². The molecular formula is C15H29NO3. The number of nitrogens with one attached hydrogen (secondary N) is 1. The molecule has 1 aliphatic carbocycles. The van der Waals surface area contributed by atoms with Crippen molar-refractivity contribution in [3.05, 3.63) is 0 Å². The van der Waals surface area contributed by atoms with E-state index >= 15 is 0 Å². The summed E-state index contributed by atoms with van der Waals surface area (Å²) in [5, 5.41) is 12.6. The van der Waals surface area contributed by atoms with Crippen molar-refractivity contribution in [3.63, 3.8) is 0 Å². The molecule has 0 radical (unpaired) electrons. The average molecular weight is 271 g/mol. The van der Waals surface area contributed by atoms with E-state index in [-0.39, 0.29) is 6.04 Å². The molecule has 112 valence electrons. The molecule has 2 N–H and O–H groups in total. The number of rotatable bonds is 4. The molecule has 19 heavy (non-hydrogen) atoms. The average Bonchev–Trinajstić information content (AvgIpc) is 2.26. The van der Waals surface area contributed by atoms with Gasteiger partial charge in [0, 0.05) is 0 Å². The number of hydrogen-bond acceptors (Lipinski definition) is 3. The lowest BCUT2D eigenvalue weighted by atomic mass is 9.84. The van der Waals surface area contributed by atoms with Gasteiger partial charge in [0.15, 0.2) is 0 Å². The summed E-state index contributed by atoms with van der Waals surface area (Å²) >= 11 is 0. The van der Waals surface area contributed by atoms with Gasteiger partial charge >= 0.3 is 6.09 Å². The van der Waals surface area contributed by atoms with Crippen LogP contribution >= 0.6 is 0 Å². The zero-order valence-corrected chi connectivity index (χ0v) is 12.7. The van der Waals surface area contributed by atoms with Gasteiger partial charge in [-0.15, -0.1) is 0 Å². The van der Waals surface area contributed by atoms with Crippen molar-refractivity contribution in [2.75, 3.05) is 0 Å². The Hall–Kier alpha value is -0.770. The van der Waals surface area contributed by atoms with E-state index in [4.69, 9.17) is 4.74 Å². The first-order chi connectivity index (χ1) is 8.78. The Balaban J connectivity index is 2.45. The highest BCUT2D eigenvalue weighted by Gasteiger charge is 2.25. The summed E-state index contributed by atoms with van der Waals surface area (Å²) in [6.45, 7) is 7.24. The molecule has 2 atom stereocenters. The van der Waals surface area contributed by atoms with E-state index in [1.54, 1.807) is 6.92 Å². The van der Waals surface area contributed by atoms with Crippen LogP contribution in [-0.2, 0) is 4.74 Å². The first-order valence-electron chi connectivity index (χ1n) is 7.45. The molecule has 4 heteroatoms. The van der Waals surface area contributed by atoms with Crippen LogP contribution in [0.2, 0.25) is 0 Å². The van der Waals surface area contributed by atoms with Gasteiger partial charge in [0.1, 0.15) is 5.60 Å². The molecule has 0 spiro atoms. The largest absolute Gasteiger partial charge is 0.444 e. The standard InChI is InChI=1S/C15H29NO3/c1-11(17)13(10-12-8-6-5-7-9-12)16-14(18)19-15(2,3)4/h11-13,17H,5-10H2,1-4H3,(H,16,18)/t11-,13-/m0/s1. The number of carbonyl (C=O) groups excluding carboxylic acids is 1. The molecule has 0 aromatic heterocycles. The number of aliphatic hydroxyl groups is 1. The van der Waals surface area contributed by atoms with E-state index in [9.17, 15) is 9.90 Å². The molecule has 1 rings (SSSR count). The second-order valence-electron chi connectivity index (χ2n) is 6.73. The lowest BCUT2D eigenvalue weighted by Gasteiger charge is -2.29. The van der Waals surface area contributed by atoms with E-state index in [1.165, 1.54) is 32.1 Å². The summed E-state index contributed by atoms with van der Waals surface area (Å²) in [5.74, 6) is 0.614. The van der Waals surface area contributed by atoms with Crippen LogP contribution in [0, 0.1) is 5.92 Å². The fraction of sp³-hybridized carbons (Fsp3) is 0.933. The summed E-state index contributed by atoms with van der Waals surface area (Å²) in [6, 6.07) is -0.210. The minimum Gasteiger partial charge on any atom is -0.444 e. The summed E-state index contributed by atoms with van der Waals surface area (Å²) in [4.78, 5) is 11.8. The van der Waals surface area contributed by atoms with Crippen molar-refractivity contribution in [1.29, 1.82) is 0 Å². The fourth-order valence-corrected chi connectivity index (χ4v) is 2.62. The molecule has 0 bridgehead atoms. The highest BCUT2D eigenvalue weighted by molar-refractivity contribution is 5.68.